The van der Waals surface area contributed by atoms with E-state index in [1.54, 1.807) is 0 Å². The molecule has 0 aliphatic heterocycles. The summed E-state index contributed by atoms with van der Waals surface area (Å²) in [6.45, 7) is 6.46. The van der Waals surface area contributed by atoms with Crippen LogP contribution in [0.25, 0.3) is 0 Å². The van der Waals surface area contributed by atoms with Gasteiger partial charge in [0.2, 0.25) is 0 Å². The van der Waals surface area contributed by atoms with Crippen LogP contribution in [-0.2, 0) is 6.42 Å². The van der Waals surface area contributed by atoms with Crippen molar-refractivity contribution in [1.29, 1.82) is 0 Å². The first-order valence-corrected chi connectivity index (χ1v) is 5.74. The van der Waals surface area contributed by atoms with E-state index in [0.29, 0.717) is 0 Å². The van der Waals surface area contributed by atoms with Crippen molar-refractivity contribution < 1.29 is 0 Å². The van der Waals surface area contributed by atoms with Gasteiger partial charge in [-0.15, -0.1) is 0 Å². The summed E-state index contributed by atoms with van der Waals surface area (Å²) in [7, 11) is 0. The zero-order valence-electron chi connectivity index (χ0n) is 9.50. The SMILES string of the molecule is CCNCCCNCCc1ccncc1. The van der Waals surface area contributed by atoms with Gasteiger partial charge in [-0.1, -0.05) is 6.92 Å². The first kappa shape index (κ1) is 12.1. The summed E-state index contributed by atoms with van der Waals surface area (Å²) in [6.07, 6.45) is 5.98. The average molecular weight is 207 g/mol. The van der Waals surface area contributed by atoms with E-state index in [4.69, 9.17) is 0 Å². The molecule has 1 aromatic heterocycles. The number of rotatable bonds is 8. The van der Waals surface area contributed by atoms with Crippen LogP contribution in [0.2, 0.25) is 0 Å². The second-order valence-corrected chi connectivity index (χ2v) is 3.56. The molecule has 0 aromatic carbocycles. The minimum absolute atomic E-state index is 1.05. The fourth-order valence-corrected chi connectivity index (χ4v) is 1.42. The fraction of sp³-hybridized carbons (Fsp3) is 0.583. The monoisotopic (exact) mass is 207 g/mol. The van der Waals surface area contributed by atoms with E-state index in [0.717, 1.165) is 32.6 Å². The molecule has 0 amide bonds. The second-order valence-electron chi connectivity index (χ2n) is 3.56. The smallest absolute Gasteiger partial charge is 0.0270 e. The molecular formula is C12H21N3. The molecule has 0 radical (unpaired) electrons. The molecule has 1 aromatic rings. The van der Waals surface area contributed by atoms with E-state index >= 15 is 0 Å². The van der Waals surface area contributed by atoms with Crippen molar-refractivity contribution in [3.8, 4) is 0 Å². The number of hydrogen-bond acceptors (Lipinski definition) is 3. The number of hydrogen-bond donors (Lipinski definition) is 2. The molecule has 15 heavy (non-hydrogen) atoms. The first-order chi connectivity index (χ1) is 7.43. The third-order valence-electron chi connectivity index (χ3n) is 2.30. The van der Waals surface area contributed by atoms with Crippen molar-refractivity contribution in [3.63, 3.8) is 0 Å². The van der Waals surface area contributed by atoms with Crippen LogP contribution in [0.4, 0.5) is 0 Å². The Bertz CT molecular complexity index is 236. The van der Waals surface area contributed by atoms with Crippen LogP contribution < -0.4 is 10.6 Å². The van der Waals surface area contributed by atoms with Crippen LogP contribution in [0.3, 0.4) is 0 Å². The molecule has 0 saturated heterocycles. The Balaban J connectivity index is 1.93. The molecule has 0 atom stereocenters. The number of nitrogens with zero attached hydrogens (tertiary/aromatic N) is 1. The predicted octanol–water partition coefficient (Wildman–Crippen LogP) is 1.21. The zero-order chi connectivity index (χ0) is 10.8. The summed E-state index contributed by atoms with van der Waals surface area (Å²) >= 11 is 0. The van der Waals surface area contributed by atoms with E-state index in [1.807, 2.05) is 12.4 Å². The lowest BCUT2D eigenvalue weighted by atomic mass is 10.2. The van der Waals surface area contributed by atoms with Crippen molar-refractivity contribution in [2.24, 2.45) is 0 Å². The molecular weight excluding hydrogens is 186 g/mol. The molecule has 0 aliphatic rings. The number of nitrogens with one attached hydrogen (secondary N) is 2. The quantitative estimate of drug-likeness (QED) is 0.629. The topological polar surface area (TPSA) is 37.0 Å². The van der Waals surface area contributed by atoms with Gasteiger partial charge in [0.15, 0.2) is 0 Å². The van der Waals surface area contributed by atoms with Crippen LogP contribution in [0.5, 0.6) is 0 Å². The molecule has 0 fully saturated rings. The molecule has 1 heterocycles. The van der Waals surface area contributed by atoms with E-state index in [2.05, 4.69) is 34.7 Å². The standard InChI is InChI=1S/C12H21N3/c1-2-13-7-3-8-14-9-4-12-5-10-15-11-6-12/h5-6,10-11,13-14H,2-4,7-9H2,1H3. The Hall–Kier alpha value is -0.930. The highest BCUT2D eigenvalue weighted by atomic mass is 14.9. The third-order valence-corrected chi connectivity index (χ3v) is 2.30. The molecule has 84 valence electrons. The van der Waals surface area contributed by atoms with Gasteiger partial charge >= 0.3 is 0 Å². The van der Waals surface area contributed by atoms with Crippen molar-refractivity contribution in [2.75, 3.05) is 26.2 Å². The molecule has 0 aliphatic carbocycles. The highest BCUT2D eigenvalue weighted by Gasteiger charge is 1.91. The van der Waals surface area contributed by atoms with Gasteiger partial charge in [0, 0.05) is 12.4 Å². The van der Waals surface area contributed by atoms with Crippen molar-refractivity contribution >= 4 is 0 Å². The molecule has 2 N–H and O–H groups in total. The van der Waals surface area contributed by atoms with E-state index in [9.17, 15) is 0 Å². The van der Waals surface area contributed by atoms with Crippen molar-refractivity contribution in [1.82, 2.24) is 15.6 Å². The van der Waals surface area contributed by atoms with E-state index < -0.39 is 0 Å². The van der Waals surface area contributed by atoms with Gasteiger partial charge in [-0.2, -0.15) is 0 Å². The van der Waals surface area contributed by atoms with Crippen LogP contribution in [0, 0.1) is 0 Å². The van der Waals surface area contributed by atoms with Crippen LogP contribution in [0.15, 0.2) is 24.5 Å². The average Bonchev–Trinajstić information content (AvgIpc) is 2.29. The Morgan fingerprint density at radius 2 is 1.80 bits per heavy atom. The Labute approximate surface area is 92.3 Å². The normalized spacial score (nSPS) is 10.5. The number of pyridine rings is 1. The van der Waals surface area contributed by atoms with E-state index in [-0.39, 0.29) is 0 Å². The van der Waals surface area contributed by atoms with Gasteiger partial charge in [-0.3, -0.25) is 4.98 Å². The van der Waals surface area contributed by atoms with Gasteiger partial charge in [-0.05, 0) is 56.7 Å². The lowest BCUT2D eigenvalue weighted by Gasteiger charge is -2.04. The molecule has 3 nitrogen and oxygen atoms in total. The maximum atomic E-state index is 3.99. The predicted molar refractivity (Wildman–Crippen MR) is 64.0 cm³/mol. The fourth-order valence-electron chi connectivity index (χ4n) is 1.42. The highest BCUT2D eigenvalue weighted by Crippen LogP contribution is 1.95. The molecule has 3 heteroatoms. The lowest BCUT2D eigenvalue weighted by molar-refractivity contribution is 0.606. The second kappa shape index (κ2) is 8.38. The molecule has 0 saturated carbocycles. The third kappa shape index (κ3) is 6.20. The minimum Gasteiger partial charge on any atom is -0.317 e. The molecule has 0 unspecified atom stereocenters. The molecule has 0 bridgehead atoms. The maximum Gasteiger partial charge on any atom is 0.0270 e. The van der Waals surface area contributed by atoms with Crippen LogP contribution >= 0.6 is 0 Å². The summed E-state index contributed by atoms with van der Waals surface area (Å²) in [4.78, 5) is 3.99. The highest BCUT2D eigenvalue weighted by molar-refractivity contribution is 5.09. The minimum atomic E-state index is 1.05. The number of aromatic nitrogens is 1. The zero-order valence-corrected chi connectivity index (χ0v) is 9.50. The van der Waals surface area contributed by atoms with Gasteiger partial charge in [0.05, 0.1) is 0 Å². The Morgan fingerprint density at radius 1 is 1.07 bits per heavy atom. The Kier molecular flexibility index (Phi) is 6.79. The van der Waals surface area contributed by atoms with Gasteiger partial charge in [0.25, 0.3) is 0 Å². The Morgan fingerprint density at radius 3 is 2.53 bits per heavy atom. The van der Waals surface area contributed by atoms with Gasteiger partial charge in [-0.25, -0.2) is 0 Å². The summed E-state index contributed by atoms with van der Waals surface area (Å²) in [5.41, 5.74) is 1.35. The van der Waals surface area contributed by atoms with Crippen molar-refractivity contribution in [3.05, 3.63) is 30.1 Å². The van der Waals surface area contributed by atoms with E-state index in [1.165, 1.54) is 12.0 Å². The van der Waals surface area contributed by atoms with Crippen LogP contribution in [0.1, 0.15) is 18.9 Å². The maximum absolute atomic E-state index is 3.99. The summed E-state index contributed by atoms with van der Waals surface area (Å²) in [5, 5.41) is 6.74. The summed E-state index contributed by atoms with van der Waals surface area (Å²) in [5.74, 6) is 0. The van der Waals surface area contributed by atoms with Gasteiger partial charge in [0.1, 0.15) is 0 Å². The summed E-state index contributed by atoms with van der Waals surface area (Å²) < 4.78 is 0. The summed E-state index contributed by atoms with van der Waals surface area (Å²) in [6, 6.07) is 4.14. The van der Waals surface area contributed by atoms with Crippen molar-refractivity contribution in [2.45, 2.75) is 19.8 Å². The largest absolute Gasteiger partial charge is 0.317 e. The molecule has 0 spiro atoms. The lowest BCUT2D eigenvalue weighted by Crippen LogP contribution is -2.23. The van der Waals surface area contributed by atoms with Gasteiger partial charge < -0.3 is 10.6 Å². The van der Waals surface area contributed by atoms with Crippen LogP contribution in [-0.4, -0.2) is 31.2 Å². The molecule has 1 rings (SSSR count). The first-order valence-electron chi connectivity index (χ1n) is 5.74.